The molecule has 24 heavy (non-hydrogen) atoms. The topological polar surface area (TPSA) is 76.7 Å². The summed E-state index contributed by atoms with van der Waals surface area (Å²) in [6.45, 7) is 1.74. The summed E-state index contributed by atoms with van der Waals surface area (Å²) in [6.07, 6.45) is 0.329. The third kappa shape index (κ3) is 2.75. The van der Waals surface area contributed by atoms with E-state index in [0.717, 1.165) is 4.70 Å². The van der Waals surface area contributed by atoms with Crippen molar-refractivity contribution in [2.24, 2.45) is 5.92 Å². The SMILES string of the molecule is CCC(CC(=O)c1cc2c(cc(OC)c3oc(F)cc32)s1)C(=O)O. The van der Waals surface area contributed by atoms with Crippen LogP contribution in [-0.2, 0) is 4.79 Å². The first-order valence-electron chi connectivity index (χ1n) is 7.40. The van der Waals surface area contributed by atoms with Crippen LogP contribution in [0.5, 0.6) is 5.75 Å². The van der Waals surface area contributed by atoms with E-state index in [1.54, 1.807) is 19.1 Å². The first kappa shape index (κ1) is 16.4. The Kier molecular flexibility index (Phi) is 4.28. The van der Waals surface area contributed by atoms with Crippen molar-refractivity contribution in [2.45, 2.75) is 19.8 Å². The Morgan fingerprint density at radius 2 is 2.08 bits per heavy atom. The fourth-order valence-corrected chi connectivity index (χ4v) is 3.73. The predicted octanol–water partition coefficient (Wildman–Crippen LogP) is 4.48. The normalized spacial score (nSPS) is 12.6. The zero-order valence-electron chi connectivity index (χ0n) is 13.1. The summed E-state index contributed by atoms with van der Waals surface area (Å²) < 4.78 is 24.5. The molecule has 3 aromatic rings. The minimum Gasteiger partial charge on any atom is -0.493 e. The van der Waals surface area contributed by atoms with Gasteiger partial charge in [-0.15, -0.1) is 11.3 Å². The number of methoxy groups -OCH3 is 1. The molecule has 0 bridgehead atoms. The largest absolute Gasteiger partial charge is 0.493 e. The van der Waals surface area contributed by atoms with Crippen LogP contribution in [0.2, 0.25) is 0 Å². The van der Waals surface area contributed by atoms with Gasteiger partial charge in [-0.05, 0) is 12.5 Å². The summed E-state index contributed by atoms with van der Waals surface area (Å²) >= 11 is 1.24. The van der Waals surface area contributed by atoms with Gasteiger partial charge in [0.1, 0.15) is 0 Å². The molecule has 1 unspecified atom stereocenters. The van der Waals surface area contributed by atoms with Gasteiger partial charge >= 0.3 is 5.97 Å². The number of ether oxygens (including phenoxy) is 1. The van der Waals surface area contributed by atoms with E-state index in [0.29, 0.717) is 27.8 Å². The number of hydrogen-bond donors (Lipinski definition) is 1. The predicted molar refractivity (Wildman–Crippen MR) is 88.5 cm³/mol. The Bertz CT molecular complexity index is 939. The van der Waals surface area contributed by atoms with Gasteiger partial charge in [0, 0.05) is 34.0 Å². The molecular weight excluding hydrogens is 335 g/mol. The Morgan fingerprint density at radius 1 is 1.33 bits per heavy atom. The quantitative estimate of drug-likeness (QED) is 0.663. The lowest BCUT2D eigenvalue weighted by atomic mass is 9.99. The fraction of sp³-hybridized carbons (Fsp3) is 0.294. The second kappa shape index (κ2) is 6.24. The Hall–Kier alpha value is -2.41. The summed E-state index contributed by atoms with van der Waals surface area (Å²) in [6, 6.07) is 3.88. The van der Waals surface area contributed by atoms with Crippen LogP contribution in [0.1, 0.15) is 29.4 Å². The van der Waals surface area contributed by atoms with Crippen LogP contribution in [0, 0.1) is 11.9 Å². The van der Waals surface area contributed by atoms with Crippen molar-refractivity contribution in [2.75, 3.05) is 7.11 Å². The van der Waals surface area contributed by atoms with Crippen LogP contribution in [0.15, 0.2) is 22.6 Å². The second-order valence-electron chi connectivity index (χ2n) is 5.47. The first-order valence-corrected chi connectivity index (χ1v) is 8.21. The molecule has 3 rings (SSSR count). The van der Waals surface area contributed by atoms with Gasteiger partial charge in [-0.25, -0.2) is 0 Å². The lowest BCUT2D eigenvalue weighted by Crippen LogP contribution is -2.16. The molecule has 2 aromatic heterocycles. The summed E-state index contributed by atoms with van der Waals surface area (Å²) in [5.74, 6) is -1.53. The van der Waals surface area contributed by atoms with E-state index in [4.69, 9.17) is 14.3 Å². The Morgan fingerprint density at radius 3 is 2.71 bits per heavy atom. The van der Waals surface area contributed by atoms with Crippen molar-refractivity contribution in [3.8, 4) is 5.75 Å². The van der Waals surface area contributed by atoms with E-state index in [2.05, 4.69) is 0 Å². The van der Waals surface area contributed by atoms with Crippen molar-refractivity contribution in [3.05, 3.63) is 29.1 Å². The number of furan rings is 1. The molecule has 0 aliphatic carbocycles. The molecule has 5 nitrogen and oxygen atoms in total. The number of benzene rings is 1. The van der Waals surface area contributed by atoms with E-state index in [1.807, 2.05) is 0 Å². The highest BCUT2D eigenvalue weighted by molar-refractivity contribution is 7.21. The number of carboxylic acids is 1. The maximum atomic E-state index is 13.5. The molecule has 1 aromatic carbocycles. The molecule has 7 heteroatoms. The van der Waals surface area contributed by atoms with Gasteiger partial charge in [-0.3, -0.25) is 9.59 Å². The average molecular weight is 350 g/mol. The standard InChI is InChI=1S/C17H15FO5S/c1-3-8(17(20)21)4-11(19)14-5-9-10-6-15(18)23-16(10)12(22-2)7-13(9)24-14/h5-8H,3-4H2,1-2H3,(H,20,21). The van der Waals surface area contributed by atoms with Gasteiger partial charge in [0.25, 0.3) is 6.01 Å². The molecule has 0 aliphatic heterocycles. The Balaban J connectivity index is 2.06. The number of carbonyl (C=O) groups excluding carboxylic acids is 1. The van der Waals surface area contributed by atoms with Crippen molar-refractivity contribution in [1.29, 1.82) is 0 Å². The zero-order valence-corrected chi connectivity index (χ0v) is 13.9. The van der Waals surface area contributed by atoms with E-state index in [-0.39, 0.29) is 17.8 Å². The molecular formula is C17H15FO5S. The first-order chi connectivity index (χ1) is 11.4. The van der Waals surface area contributed by atoms with E-state index in [9.17, 15) is 14.0 Å². The smallest absolute Gasteiger partial charge is 0.306 e. The van der Waals surface area contributed by atoms with Crippen LogP contribution in [0.25, 0.3) is 21.1 Å². The molecule has 0 saturated heterocycles. The maximum Gasteiger partial charge on any atom is 0.306 e. The molecule has 0 amide bonds. The lowest BCUT2D eigenvalue weighted by Gasteiger charge is -2.06. The van der Waals surface area contributed by atoms with Gasteiger partial charge in [0.2, 0.25) is 0 Å². The number of carboxylic acid groups (broad SMARTS) is 1. The van der Waals surface area contributed by atoms with Crippen molar-refractivity contribution < 1.29 is 28.2 Å². The van der Waals surface area contributed by atoms with Crippen molar-refractivity contribution >= 4 is 44.1 Å². The summed E-state index contributed by atoms with van der Waals surface area (Å²) in [7, 11) is 1.46. The number of rotatable bonds is 6. The van der Waals surface area contributed by atoms with Gasteiger partial charge < -0.3 is 14.3 Å². The molecule has 0 fully saturated rings. The fourth-order valence-electron chi connectivity index (χ4n) is 2.67. The number of Topliss-reactive ketones (excluding diaryl/α,β-unsaturated/α-hetero) is 1. The van der Waals surface area contributed by atoms with Gasteiger partial charge in [-0.1, -0.05) is 6.92 Å². The van der Waals surface area contributed by atoms with E-state index in [1.165, 1.54) is 24.5 Å². The molecule has 126 valence electrons. The molecule has 0 radical (unpaired) electrons. The number of halogens is 1. The number of aliphatic carboxylic acids is 1. The van der Waals surface area contributed by atoms with Crippen LogP contribution in [0.4, 0.5) is 4.39 Å². The molecule has 1 atom stereocenters. The minimum absolute atomic E-state index is 0.0569. The van der Waals surface area contributed by atoms with Gasteiger partial charge in [0.15, 0.2) is 17.1 Å². The highest BCUT2D eigenvalue weighted by Crippen LogP contribution is 2.39. The van der Waals surface area contributed by atoms with Crippen LogP contribution in [-0.4, -0.2) is 24.0 Å². The molecule has 0 aliphatic rings. The molecule has 0 saturated carbocycles. The number of hydrogen-bond acceptors (Lipinski definition) is 5. The van der Waals surface area contributed by atoms with E-state index < -0.39 is 17.9 Å². The highest BCUT2D eigenvalue weighted by Gasteiger charge is 2.23. The summed E-state index contributed by atoms with van der Waals surface area (Å²) in [4.78, 5) is 24.0. The number of thiophene rings is 1. The number of fused-ring (bicyclic) bond motifs is 3. The van der Waals surface area contributed by atoms with Gasteiger partial charge in [0.05, 0.1) is 17.9 Å². The maximum absolute atomic E-state index is 13.5. The Labute approximate surface area is 140 Å². The van der Waals surface area contributed by atoms with E-state index >= 15 is 0 Å². The lowest BCUT2D eigenvalue weighted by molar-refractivity contribution is -0.141. The number of carbonyl (C=O) groups is 2. The monoisotopic (exact) mass is 350 g/mol. The molecule has 0 spiro atoms. The second-order valence-corrected chi connectivity index (χ2v) is 6.55. The third-order valence-corrected chi connectivity index (χ3v) is 5.13. The van der Waals surface area contributed by atoms with Crippen molar-refractivity contribution in [1.82, 2.24) is 0 Å². The zero-order chi connectivity index (χ0) is 17.4. The van der Waals surface area contributed by atoms with Gasteiger partial charge in [-0.2, -0.15) is 4.39 Å². The molecule has 1 N–H and O–H groups in total. The van der Waals surface area contributed by atoms with Crippen LogP contribution >= 0.6 is 11.3 Å². The number of ketones is 1. The summed E-state index contributed by atoms with van der Waals surface area (Å²) in [5, 5.41) is 10.3. The highest BCUT2D eigenvalue weighted by atomic mass is 32.1. The molecule has 2 heterocycles. The average Bonchev–Trinajstić information content (AvgIpc) is 3.13. The van der Waals surface area contributed by atoms with Crippen LogP contribution in [0.3, 0.4) is 0 Å². The van der Waals surface area contributed by atoms with Crippen molar-refractivity contribution in [3.63, 3.8) is 0 Å². The van der Waals surface area contributed by atoms with Crippen LogP contribution < -0.4 is 4.74 Å². The third-order valence-electron chi connectivity index (χ3n) is 4.01. The summed E-state index contributed by atoms with van der Waals surface area (Å²) in [5.41, 5.74) is 0.288. The minimum atomic E-state index is -0.979.